The molecular formula is C22H20N4O2S2. The maximum absolute atomic E-state index is 12.5. The van der Waals surface area contributed by atoms with Crippen molar-refractivity contribution in [3.8, 4) is 10.6 Å². The van der Waals surface area contributed by atoms with Crippen LogP contribution in [0.3, 0.4) is 0 Å². The van der Waals surface area contributed by atoms with Gasteiger partial charge in [0.05, 0.1) is 22.1 Å². The SMILES string of the molecule is Cc1nc(-c2ccc(CCNC(=O)c3ccc(=O)n(Cc4ccccc4)n3)s2)cs1. The van der Waals surface area contributed by atoms with E-state index in [4.69, 9.17) is 0 Å². The second kappa shape index (κ2) is 9.15. The molecule has 0 bridgehead atoms. The van der Waals surface area contributed by atoms with Crippen molar-refractivity contribution in [1.82, 2.24) is 20.1 Å². The van der Waals surface area contributed by atoms with Crippen molar-refractivity contribution in [2.24, 2.45) is 0 Å². The van der Waals surface area contributed by atoms with Gasteiger partial charge >= 0.3 is 0 Å². The van der Waals surface area contributed by atoms with Gasteiger partial charge in [-0.1, -0.05) is 30.3 Å². The minimum atomic E-state index is -0.288. The average Bonchev–Trinajstić information content (AvgIpc) is 3.39. The van der Waals surface area contributed by atoms with Crippen molar-refractivity contribution in [3.63, 3.8) is 0 Å². The second-order valence-electron chi connectivity index (χ2n) is 6.72. The largest absolute Gasteiger partial charge is 0.350 e. The summed E-state index contributed by atoms with van der Waals surface area (Å²) in [5.41, 5.74) is 1.95. The number of carbonyl (C=O) groups is 1. The number of hydrogen-bond acceptors (Lipinski definition) is 6. The van der Waals surface area contributed by atoms with E-state index in [1.54, 1.807) is 22.7 Å². The first-order chi connectivity index (χ1) is 14.6. The zero-order chi connectivity index (χ0) is 20.9. The Morgan fingerprint density at radius 1 is 1.10 bits per heavy atom. The van der Waals surface area contributed by atoms with E-state index in [1.165, 1.54) is 21.7 Å². The summed E-state index contributed by atoms with van der Waals surface area (Å²) in [6.45, 7) is 2.82. The van der Waals surface area contributed by atoms with Gasteiger partial charge in [-0.15, -0.1) is 22.7 Å². The zero-order valence-electron chi connectivity index (χ0n) is 16.4. The molecule has 8 heteroatoms. The number of carbonyl (C=O) groups excluding carboxylic acids is 1. The highest BCUT2D eigenvalue weighted by molar-refractivity contribution is 7.16. The lowest BCUT2D eigenvalue weighted by Crippen LogP contribution is -2.30. The quantitative estimate of drug-likeness (QED) is 0.479. The number of nitrogens with zero attached hydrogens (tertiary/aromatic N) is 3. The lowest BCUT2D eigenvalue weighted by molar-refractivity contribution is 0.0946. The predicted molar refractivity (Wildman–Crippen MR) is 120 cm³/mol. The molecule has 0 spiro atoms. The van der Waals surface area contributed by atoms with Crippen LogP contribution in [0.25, 0.3) is 10.6 Å². The van der Waals surface area contributed by atoms with Crippen molar-refractivity contribution in [2.45, 2.75) is 19.9 Å². The van der Waals surface area contributed by atoms with Crippen LogP contribution in [0.4, 0.5) is 0 Å². The maximum atomic E-state index is 12.5. The Morgan fingerprint density at radius 2 is 1.93 bits per heavy atom. The molecule has 0 aliphatic rings. The molecular weight excluding hydrogens is 416 g/mol. The molecule has 4 aromatic rings. The van der Waals surface area contributed by atoms with Gasteiger partial charge in [0, 0.05) is 22.9 Å². The molecule has 3 aromatic heterocycles. The van der Waals surface area contributed by atoms with Crippen LogP contribution in [-0.4, -0.2) is 27.2 Å². The number of amides is 1. The van der Waals surface area contributed by atoms with Gasteiger partial charge in [0.1, 0.15) is 5.69 Å². The van der Waals surface area contributed by atoms with E-state index in [9.17, 15) is 9.59 Å². The highest BCUT2D eigenvalue weighted by Gasteiger charge is 2.11. The average molecular weight is 437 g/mol. The second-order valence-corrected chi connectivity index (χ2v) is 8.95. The normalized spacial score (nSPS) is 10.8. The summed E-state index contributed by atoms with van der Waals surface area (Å²) >= 11 is 3.32. The molecule has 1 N–H and O–H groups in total. The lowest BCUT2D eigenvalue weighted by atomic mass is 10.2. The van der Waals surface area contributed by atoms with Gasteiger partial charge in [-0.2, -0.15) is 5.10 Å². The molecule has 6 nitrogen and oxygen atoms in total. The third-order valence-corrected chi connectivity index (χ3v) is 6.41. The molecule has 152 valence electrons. The summed E-state index contributed by atoms with van der Waals surface area (Å²) < 4.78 is 1.31. The summed E-state index contributed by atoms with van der Waals surface area (Å²) in [4.78, 5) is 31.4. The van der Waals surface area contributed by atoms with Crippen LogP contribution in [0.2, 0.25) is 0 Å². The number of nitrogens with one attached hydrogen (secondary N) is 1. The van der Waals surface area contributed by atoms with Gasteiger partial charge in [0.2, 0.25) is 0 Å². The summed E-state index contributed by atoms with van der Waals surface area (Å²) in [7, 11) is 0. The number of thiophene rings is 1. The molecule has 0 saturated carbocycles. The number of rotatable bonds is 7. The number of thiazole rings is 1. The first-order valence-electron chi connectivity index (χ1n) is 9.50. The molecule has 0 radical (unpaired) electrons. The van der Waals surface area contributed by atoms with Crippen LogP contribution >= 0.6 is 22.7 Å². The minimum absolute atomic E-state index is 0.232. The molecule has 1 amide bonds. The van der Waals surface area contributed by atoms with Crippen molar-refractivity contribution in [2.75, 3.05) is 6.54 Å². The molecule has 0 aliphatic carbocycles. The Kier molecular flexibility index (Phi) is 6.15. The lowest BCUT2D eigenvalue weighted by Gasteiger charge is -2.08. The topological polar surface area (TPSA) is 76.9 Å². The van der Waals surface area contributed by atoms with Gasteiger partial charge in [-0.3, -0.25) is 9.59 Å². The smallest absolute Gasteiger partial charge is 0.271 e. The Hall–Kier alpha value is -3.10. The van der Waals surface area contributed by atoms with Gasteiger partial charge in [0.15, 0.2) is 0 Å². The van der Waals surface area contributed by atoms with Crippen molar-refractivity contribution < 1.29 is 4.79 Å². The molecule has 30 heavy (non-hydrogen) atoms. The van der Waals surface area contributed by atoms with Crippen LogP contribution in [0, 0.1) is 6.92 Å². The number of aromatic nitrogens is 3. The molecule has 3 heterocycles. The number of aryl methyl sites for hydroxylation is 1. The van der Waals surface area contributed by atoms with E-state index in [1.807, 2.05) is 37.3 Å². The summed E-state index contributed by atoms with van der Waals surface area (Å²) in [6.07, 6.45) is 0.725. The van der Waals surface area contributed by atoms with E-state index in [-0.39, 0.29) is 17.2 Å². The third-order valence-electron chi connectivity index (χ3n) is 4.46. The Bertz CT molecular complexity index is 1210. The maximum Gasteiger partial charge on any atom is 0.271 e. The Morgan fingerprint density at radius 3 is 2.70 bits per heavy atom. The number of hydrogen-bond donors (Lipinski definition) is 1. The van der Waals surface area contributed by atoms with Gasteiger partial charge in [0.25, 0.3) is 11.5 Å². The highest BCUT2D eigenvalue weighted by atomic mass is 32.1. The first kappa shape index (κ1) is 20.2. The van der Waals surface area contributed by atoms with Crippen molar-refractivity contribution >= 4 is 28.6 Å². The van der Waals surface area contributed by atoms with E-state index in [0.717, 1.165) is 27.6 Å². The van der Waals surface area contributed by atoms with E-state index in [0.29, 0.717) is 13.1 Å². The van der Waals surface area contributed by atoms with Crippen LogP contribution in [-0.2, 0) is 13.0 Å². The predicted octanol–water partition coefficient (Wildman–Crippen LogP) is 3.76. The molecule has 0 fully saturated rings. The minimum Gasteiger partial charge on any atom is -0.350 e. The van der Waals surface area contributed by atoms with Crippen molar-refractivity contribution in [1.29, 1.82) is 0 Å². The Balaban J connectivity index is 1.36. The van der Waals surface area contributed by atoms with Gasteiger partial charge in [-0.25, -0.2) is 9.67 Å². The van der Waals surface area contributed by atoms with Gasteiger partial charge in [-0.05, 0) is 37.1 Å². The van der Waals surface area contributed by atoms with Gasteiger partial charge < -0.3 is 5.32 Å². The monoisotopic (exact) mass is 436 g/mol. The van der Waals surface area contributed by atoms with E-state index in [2.05, 4.69) is 32.9 Å². The van der Waals surface area contributed by atoms with E-state index < -0.39 is 0 Å². The molecule has 0 atom stereocenters. The fourth-order valence-corrected chi connectivity index (χ4v) is 4.61. The number of benzene rings is 1. The molecule has 0 aliphatic heterocycles. The first-order valence-corrected chi connectivity index (χ1v) is 11.2. The molecule has 1 aromatic carbocycles. The fraction of sp³-hybridized carbons (Fsp3) is 0.182. The molecule has 0 saturated heterocycles. The summed E-state index contributed by atoms with van der Waals surface area (Å²) in [6, 6.07) is 16.5. The molecule has 0 unspecified atom stereocenters. The van der Waals surface area contributed by atoms with E-state index >= 15 is 0 Å². The zero-order valence-corrected chi connectivity index (χ0v) is 18.0. The fourth-order valence-electron chi connectivity index (χ4n) is 2.96. The Labute approximate surface area is 181 Å². The third kappa shape index (κ3) is 4.90. The van der Waals surface area contributed by atoms with Crippen molar-refractivity contribution in [3.05, 3.63) is 91.5 Å². The standard InChI is InChI=1S/C22H20N4O2S2/c1-15-24-19(14-29-15)20-9-7-17(30-20)11-12-23-22(28)18-8-10-21(27)26(25-18)13-16-5-3-2-4-6-16/h2-10,14H,11-13H2,1H3,(H,23,28). The van der Waals surface area contributed by atoms with Crippen LogP contribution in [0.1, 0.15) is 25.9 Å². The van der Waals surface area contributed by atoms with Crippen LogP contribution < -0.4 is 10.9 Å². The van der Waals surface area contributed by atoms with Crippen LogP contribution in [0.15, 0.2) is 64.8 Å². The highest BCUT2D eigenvalue weighted by Crippen LogP contribution is 2.29. The molecule has 4 rings (SSSR count). The summed E-state index contributed by atoms with van der Waals surface area (Å²) in [5, 5.41) is 10.2. The van der Waals surface area contributed by atoms with Crippen LogP contribution in [0.5, 0.6) is 0 Å². The summed E-state index contributed by atoms with van der Waals surface area (Å²) in [5.74, 6) is -0.288.